The van der Waals surface area contributed by atoms with E-state index in [1.165, 1.54) is 12.4 Å². The van der Waals surface area contributed by atoms with Gasteiger partial charge in [0.2, 0.25) is 0 Å². The average molecular weight is 533 g/mol. The van der Waals surface area contributed by atoms with E-state index in [1.54, 1.807) is 41.8 Å². The van der Waals surface area contributed by atoms with Gasteiger partial charge in [0.15, 0.2) is 5.65 Å². The number of fused-ring (bicyclic) bond motifs is 1. The standard InChI is InChI=1S/C27H25FN6O3S/c1-16-30-13-21(38-16)14-36-18-3-2-4-19(11-18)37-20-5-6-22(23(28)12-20)25-24-26(29)31-15-32-27(24)34(33-25)17-7-9-35-10-8-17/h2-6,11-13,15,17H,7-10,14H2,1H3,(H2,29,31,32). The Morgan fingerprint density at radius 1 is 1.08 bits per heavy atom. The zero-order valence-electron chi connectivity index (χ0n) is 20.6. The molecule has 38 heavy (non-hydrogen) atoms. The summed E-state index contributed by atoms with van der Waals surface area (Å²) in [6.45, 7) is 3.65. The van der Waals surface area contributed by atoms with Gasteiger partial charge in [-0.2, -0.15) is 5.10 Å². The molecule has 0 atom stereocenters. The summed E-state index contributed by atoms with van der Waals surface area (Å²) in [5.74, 6) is 1.29. The number of hydrogen-bond acceptors (Lipinski definition) is 9. The van der Waals surface area contributed by atoms with E-state index in [2.05, 4.69) is 15.0 Å². The van der Waals surface area contributed by atoms with Gasteiger partial charge in [-0.25, -0.2) is 24.0 Å². The number of hydrogen-bond donors (Lipinski definition) is 1. The molecule has 2 aromatic carbocycles. The lowest BCUT2D eigenvalue weighted by molar-refractivity contribution is 0.0674. The second-order valence-corrected chi connectivity index (χ2v) is 10.3. The summed E-state index contributed by atoms with van der Waals surface area (Å²) < 4.78 is 34.6. The zero-order chi connectivity index (χ0) is 26.1. The lowest BCUT2D eigenvalue weighted by atomic mass is 10.1. The van der Waals surface area contributed by atoms with Gasteiger partial charge in [-0.05, 0) is 44.0 Å². The maximum absolute atomic E-state index is 15.5. The lowest BCUT2D eigenvalue weighted by Gasteiger charge is -2.22. The van der Waals surface area contributed by atoms with Gasteiger partial charge < -0.3 is 19.9 Å². The molecular weight excluding hydrogens is 507 g/mol. The van der Waals surface area contributed by atoms with E-state index < -0.39 is 5.82 Å². The quantitative estimate of drug-likeness (QED) is 0.284. The van der Waals surface area contributed by atoms with Crippen molar-refractivity contribution in [3.8, 4) is 28.5 Å². The SMILES string of the molecule is Cc1ncc(COc2cccc(Oc3ccc(-c4nn(C5CCOCC5)c5ncnc(N)c45)c(F)c3)c2)s1. The molecule has 0 amide bonds. The van der Waals surface area contributed by atoms with Crippen LogP contribution in [-0.2, 0) is 11.3 Å². The van der Waals surface area contributed by atoms with E-state index in [0.29, 0.717) is 59.4 Å². The highest BCUT2D eigenvalue weighted by atomic mass is 32.1. The molecule has 2 N–H and O–H groups in total. The first-order valence-electron chi connectivity index (χ1n) is 12.2. The van der Waals surface area contributed by atoms with E-state index in [-0.39, 0.29) is 11.9 Å². The third kappa shape index (κ3) is 4.90. The molecule has 0 saturated carbocycles. The van der Waals surface area contributed by atoms with Crippen molar-refractivity contribution < 1.29 is 18.6 Å². The van der Waals surface area contributed by atoms with Crippen LogP contribution in [0.3, 0.4) is 0 Å². The molecule has 9 nitrogen and oxygen atoms in total. The third-order valence-corrected chi connectivity index (χ3v) is 7.23. The summed E-state index contributed by atoms with van der Waals surface area (Å²) >= 11 is 1.59. The normalized spacial score (nSPS) is 14.2. The van der Waals surface area contributed by atoms with Crippen molar-refractivity contribution in [1.82, 2.24) is 24.7 Å². The Morgan fingerprint density at radius 3 is 2.68 bits per heavy atom. The van der Waals surface area contributed by atoms with Gasteiger partial charge >= 0.3 is 0 Å². The van der Waals surface area contributed by atoms with E-state index in [0.717, 1.165) is 22.7 Å². The minimum Gasteiger partial charge on any atom is -0.488 e. The van der Waals surface area contributed by atoms with Gasteiger partial charge in [-0.15, -0.1) is 11.3 Å². The first kappa shape index (κ1) is 24.3. The average Bonchev–Trinajstić information content (AvgIpc) is 3.53. The van der Waals surface area contributed by atoms with Crippen LogP contribution in [0.25, 0.3) is 22.3 Å². The minimum atomic E-state index is -0.489. The predicted molar refractivity (Wildman–Crippen MR) is 142 cm³/mol. The van der Waals surface area contributed by atoms with Crippen LogP contribution in [0.15, 0.2) is 55.0 Å². The number of ether oxygens (including phenoxy) is 3. The Kier molecular flexibility index (Phi) is 6.61. The summed E-state index contributed by atoms with van der Waals surface area (Å²) in [7, 11) is 0. The van der Waals surface area contributed by atoms with Gasteiger partial charge in [-0.1, -0.05) is 6.07 Å². The van der Waals surface area contributed by atoms with E-state index in [1.807, 2.05) is 23.7 Å². The highest BCUT2D eigenvalue weighted by Gasteiger charge is 2.25. The number of nitrogens with two attached hydrogens (primary N) is 1. The largest absolute Gasteiger partial charge is 0.488 e. The van der Waals surface area contributed by atoms with Crippen LogP contribution in [0, 0.1) is 12.7 Å². The van der Waals surface area contributed by atoms with Gasteiger partial charge in [0, 0.05) is 37.1 Å². The van der Waals surface area contributed by atoms with Crippen LogP contribution in [0.4, 0.5) is 10.2 Å². The van der Waals surface area contributed by atoms with Crippen LogP contribution in [0.5, 0.6) is 17.2 Å². The Hall–Kier alpha value is -4.09. The molecule has 0 bridgehead atoms. The number of nitrogens with zero attached hydrogens (tertiary/aromatic N) is 5. The fourth-order valence-corrected chi connectivity index (χ4v) is 5.22. The van der Waals surface area contributed by atoms with Crippen LogP contribution >= 0.6 is 11.3 Å². The molecule has 0 spiro atoms. The molecule has 0 unspecified atom stereocenters. The smallest absolute Gasteiger partial charge is 0.164 e. The monoisotopic (exact) mass is 532 g/mol. The molecular formula is C27H25FN6O3S. The number of nitrogen functional groups attached to an aromatic ring is 1. The molecule has 1 aliphatic rings. The first-order chi connectivity index (χ1) is 18.5. The number of rotatable bonds is 7. The van der Waals surface area contributed by atoms with Crippen molar-refractivity contribution in [1.29, 1.82) is 0 Å². The number of aromatic nitrogens is 5. The summed E-state index contributed by atoms with van der Waals surface area (Å²) in [4.78, 5) is 13.8. The third-order valence-electron chi connectivity index (χ3n) is 6.34. The Labute approximate surface area is 222 Å². The second kappa shape index (κ2) is 10.3. The number of benzene rings is 2. The van der Waals surface area contributed by atoms with Crippen molar-refractivity contribution in [3.63, 3.8) is 0 Å². The molecule has 11 heteroatoms. The summed E-state index contributed by atoms with van der Waals surface area (Å²) in [6.07, 6.45) is 4.80. The number of halogens is 1. The van der Waals surface area contributed by atoms with Gasteiger partial charge in [0.05, 0.1) is 21.3 Å². The Balaban J connectivity index is 1.25. The van der Waals surface area contributed by atoms with E-state index in [9.17, 15) is 0 Å². The predicted octanol–water partition coefficient (Wildman–Crippen LogP) is 5.70. The van der Waals surface area contributed by atoms with Crippen molar-refractivity contribution >= 4 is 28.2 Å². The van der Waals surface area contributed by atoms with Crippen molar-refractivity contribution in [2.75, 3.05) is 18.9 Å². The van der Waals surface area contributed by atoms with Gasteiger partial charge in [0.1, 0.15) is 47.5 Å². The molecule has 1 fully saturated rings. The summed E-state index contributed by atoms with van der Waals surface area (Å²) in [6, 6.07) is 12.0. The fraction of sp³-hybridized carbons (Fsp3) is 0.259. The Bertz CT molecular complexity index is 1600. The first-order valence-corrected chi connectivity index (χ1v) is 13.0. The van der Waals surface area contributed by atoms with E-state index >= 15 is 4.39 Å². The summed E-state index contributed by atoms with van der Waals surface area (Å²) in [5, 5.41) is 6.28. The van der Waals surface area contributed by atoms with Crippen LogP contribution in [-0.4, -0.2) is 37.9 Å². The van der Waals surface area contributed by atoms with Crippen molar-refractivity contribution in [3.05, 3.63) is 70.7 Å². The number of thiazole rings is 1. The highest BCUT2D eigenvalue weighted by molar-refractivity contribution is 7.11. The topological polar surface area (TPSA) is 110 Å². The van der Waals surface area contributed by atoms with Gasteiger partial charge in [-0.3, -0.25) is 0 Å². The molecule has 0 radical (unpaired) electrons. The zero-order valence-corrected chi connectivity index (χ0v) is 21.4. The molecule has 5 aromatic rings. The molecule has 1 aliphatic heterocycles. The number of anilines is 1. The van der Waals surface area contributed by atoms with Gasteiger partial charge in [0.25, 0.3) is 0 Å². The van der Waals surface area contributed by atoms with Crippen LogP contribution in [0.2, 0.25) is 0 Å². The molecule has 4 heterocycles. The second-order valence-electron chi connectivity index (χ2n) is 8.95. The maximum atomic E-state index is 15.5. The van der Waals surface area contributed by atoms with Crippen LogP contribution < -0.4 is 15.2 Å². The number of aryl methyl sites for hydroxylation is 1. The summed E-state index contributed by atoms with van der Waals surface area (Å²) in [5.41, 5.74) is 7.50. The molecule has 6 rings (SSSR count). The lowest BCUT2D eigenvalue weighted by Crippen LogP contribution is -2.20. The minimum absolute atomic E-state index is 0.0922. The van der Waals surface area contributed by atoms with Crippen LogP contribution in [0.1, 0.15) is 28.8 Å². The maximum Gasteiger partial charge on any atom is 0.164 e. The molecule has 0 aliphatic carbocycles. The fourth-order valence-electron chi connectivity index (χ4n) is 4.51. The Morgan fingerprint density at radius 2 is 1.89 bits per heavy atom. The highest BCUT2D eigenvalue weighted by Crippen LogP contribution is 2.36. The van der Waals surface area contributed by atoms with Crippen molar-refractivity contribution in [2.24, 2.45) is 0 Å². The molecule has 3 aromatic heterocycles. The van der Waals surface area contributed by atoms with E-state index in [4.69, 9.17) is 25.0 Å². The molecule has 1 saturated heterocycles. The van der Waals surface area contributed by atoms with Crippen molar-refractivity contribution in [2.45, 2.75) is 32.4 Å². The molecule has 194 valence electrons.